The van der Waals surface area contributed by atoms with Crippen LogP contribution in [0.15, 0.2) is 30.3 Å². The zero-order valence-electron chi connectivity index (χ0n) is 16.7. The Morgan fingerprint density at radius 1 is 1.21 bits per heavy atom. The van der Waals surface area contributed by atoms with E-state index in [4.69, 9.17) is 4.74 Å². The molecule has 1 N–H and O–H groups in total. The number of hydrogen-bond acceptors (Lipinski definition) is 5. The summed E-state index contributed by atoms with van der Waals surface area (Å²) in [6.07, 6.45) is 0.772. The number of carbonyl (C=O) groups excluding carboxylic acids is 2. The highest BCUT2D eigenvalue weighted by Gasteiger charge is 2.31. The summed E-state index contributed by atoms with van der Waals surface area (Å²) >= 11 is 1.49. The predicted octanol–water partition coefficient (Wildman–Crippen LogP) is 4.50. The molecular weight excluding hydrogens is 396 g/mol. The minimum atomic E-state index is -0.531. The van der Waals surface area contributed by atoms with Crippen molar-refractivity contribution >= 4 is 40.6 Å². The number of thiophene rings is 1. The summed E-state index contributed by atoms with van der Waals surface area (Å²) in [6.45, 7) is 8.08. The second-order valence-electron chi connectivity index (χ2n) is 7.85. The molecule has 152 valence electrons. The van der Waals surface area contributed by atoms with Crippen LogP contribution in [0.1, 0.15) is 47.1 Å². The number of nitrogens with zero attached hydrogens (tertiary/aromatic N) is 1. The first-order valence-corrected chi connectivity index (χ1v) is 9.92. The number of benzene rings is 1. The van der Waals surface area contributed by atoms with Gasteiger partial charge in [-0.1, -0.05) is 51.1 Å². The fourth-order valence-electron chi connectivity index (χ4n) is 3.13. The van der Waals surface area contributed by atoms with Gasteiger partial charge in [0.15, 0.2) is 0 Å². The highest BCUT2D eigenvalue weighted by Crippen LogP contribution is 2.38. The third kappa shape index (κ3) is 4.93. The van der Waals surface area contributed by atoms with Gasteiger partial charge in [-0.15, -0.1) is 23.7 Å². The Morgan fingerprint density at radius 3 is 2.50 bits per heavy atom. The molecule has 1 aromatic carbocycles. The van der Waals surface area contributed by atoms with Gasteiger partial charge in [-0.25, -0.2) is 4.79 Å². The van der Waals surface area contributed by atoms with E-state index in [0.29, 0.717) is 10.6 Å². The van der Waals surface area contributed by atoms with Crippen LogP contribution in [-0.2, 0) is 29.0 Å². The Hall–Kier alpha value is -1.89. The molecule has 3 rings (SSSR count). The molecule has 7 heteroatoms. The van der Waals surface area contributed by atoms with Crippen LogP contribution in [0.4, 0.5) is 5.00 Å². The zero-order valence-corrected chi connectivity index (χ0v) is 18.3. The maximum atomic E-state index is 12.4. The third-order valence-electron chi connectivity index (χ3n) is 4.68. The van der Waals surface area contributed by atoms with Gasteiger partial charge in [-0.2, -0.15) is 0 Å². The Bertz CT molecular complexity index is 843. The number of ether oxygens (including phenoxy) is 1. The van der Waals surface area contributed by atoms with Crippen LogP contribution >= 0.6 is 23.7 Å². The quantitative estimate of drug-likeness (QED) is 0.737. The van der Waals surface area contributed by atoms with Crippen LogP contribution in [-0.4, -0.2) is 30.4 Å². The molecule has 0 spiro atoms. The molecule has 2 aromatic rings. The summed E-state index contributed by atoms with van der Waals surface area (Å²) in [5, 5.41) is 3.55. The molecular formula is C21H27ClN2O3S. The number of esters is 1. The summed E-state index contributed by atoms with van der Waals surface area (Å²) in [5.41, 5.74) is 2.28. The molecule has 0 unspecified atom stereocenters. The van der Waals surface area contributed by atoms with Crippen molar-refractivity contribution in [2.45, 2.75) is 40.3 Å². The van der Waals surface area contributed by atoms with Crippen molar-refractivity contribution < 1.29 is 14.3 Å². The molecule has 0 fully saturated rings. The highest BCUT2D eigenvalue weighted by molar-refractivity contribution is 7.17. The fraction of sp³-hybridized carbons (Fsp3) is 0.429. The lowest BCUT2D eigenvalue weighted by molar-refractivity contribution is -0.123. The first kappa shape index (κ1) is 22.4. The number of amides is 1. The molecule has 0 atom stereocenters. The summed E-state index contributed by atoms with van der Waals surface area (Å²) in [6, 6.07) is 10.4. The van der Waals surface area contributed by atoms with Gasteiger partial charge < -0.3 is 10.1 Å². The predicted molar refractivity (Wildman–Crippen MR) is 115 cm³/mol. The Labute approximate surface area is 176 Å². The largest absolute Gasteiger partial charge is 0.465 e. The maximum absolute atomic E-state index is 12.4. The normalized spacial score (nSPS) is 14.0. The van der Waals surface area contributed by atoms with Crippen LogP contribution in [0.3, 0.4) is 0 Å². The van der Waals surface area contributed by atoms with Crippen LogP contribution in [0, 0.1) is 5.41 Å². The van der Waals surface area contributed by atoms with E-state index >= 15 is 0 Å². The number of hydrogen-bond donors (Lipinski definition) is 1. The van der Waals surface area contributed by atoms with Gasteiger partial charge in [0, 0.05) is 29.9 Å². The molecule has 28 heavy (non-hydrogen) atoms. The summed E-state index contributed by atoms with van der Waals surface area (Å²) in [5.74, 6) is -0.486. The average molecular weight is 423 g/mol. The SMILES string of the molecule is COC(=O)c1c(NC(=O)C(C)(C)C)sc2c1CCN(Cc1ccccc1)C2.Cl. The summed E-state index contributed by atoms with van der Waals surface area (Å²) in [7, 11) is 1.38. The minimum Gasteiger partial charge on any atom is -0.465 e. The second kappa shape index (κ2) is 9.07. The van der Waals surface area contributed by atoms with Gasteiger partial charge in [-0.3, -0.25) is 9.69 Å². The number of anilines is 1. The highest BCUT2D eigenvalue weighted by atomic mass is 35.5. The molecule has 1 aliphatic heterocycles. The van der Waals surface area contributed by atoms with E-state index in [1.54, 1.807) is 0 Å². The van der Waals surface area contributed by atoms with Crippen molar-refractivity contribution in [2.75, 3.05) is 19.0 Å². The van der Waals surface area contributed by atoms with Gasteiger partial charge >= 0.3 is 5.97 Å². The number of carbonyl (C=O) groups is 2. The van der Waals surface area contributed by atoms with E-state index in [1.165, 1.54) is 24.0 Å². The molecule has 0 saturated heterocycles. The summed E-state index contributed by atoms with van der Waals surface area (Å²) in [4.78, 5) is 28.3. The molecule has 1 amide bonds. The fourth-order valence-corrected chi connectivity index (χ4v) is 4.40. The standard InChI is InChI=1S/C21H26N2O3S.ClH/c1-21(2,3)20(25)22-18-17(19(24)26-4)15-10-11-23(13-16(15)27-18)12-14-8-6-5-7-9-14;/h5-9H,10-13H2,1-4H3,(H,22,25);1H. The monoisotopic (exact) mass is 422 g/mol. The smallest absolute Gasteiger partial charge is 0.341 e. The molecule has 0 bridgehead atoms. The van der Waals surface area contributed by atoms with E-state index in [0.717, 1.165) is 36.5 Å². The van der Waals surface area contributed by atoms with E-state index < -0.39 is 5.41 Å². The second-order valence-corrected chi connectivity index (χ2v) is 8.96. The van der Waals surface area contributed by atoms with Gasteiger partial charge in [0.1, 0.15) is 5.00 Å². The van der Waals surface area contributed by atoms with Crippen LogP contribution in [0.25, 0.3) is 0 Å². The van der Waals surface area contributed by atoms with Gasteiger partial charge in [-0.05, 0) is 17.5 Å². The minimum absolute atomic E-state index is 0. The number of methoxy groups -OCH3 is 1. The first-order chi connectivity index (χ1) is 12.8. The molecule has 0 saturated carbocycles. The Balaban J connectivity index is 0.00000280. The first-order valence-electron chi connectivity index (χ1n) is 9.10. The van der Waals surface area contributed by atoms with Crippen LogP contribution in [0.2, 0.25) is 0 Å². The van der Waals surface area contributed by atoms with Crippen LogP contribution in [0.5, 0.6) is 0 Å². The molecule has 5 nitrogen and oxygen atoms in total. The third-order valence-corrected chi connectivity index (χ3v) is 5.81. The van der Waals surface area contributed by atoms with Crippen molar-refractivity contribution in [3.8, 4) is 0 Å². The zero-order chi connectivity index (χ0) is 19.6. The van der Waals surface area contributed by atoms with Crippen molar-refractivity contribution in [1.82, 2.24) is 4.90 Å². The lowest BCUT2D eigenvalue weighted by Gasteiger charge is -2.27. The van der Waals surface area contributed by atoms with E-state index in [9.17, 15) is 9.59 Å². The summed E-state index contributed by atoms with van der Waals surface area (Å²) < 4.78 is 4.99. The van der Waals surface area contributed by atoms with Gasteiger partial charge in [0.2, 0.25) is 5.91 Å². The molecule has 1 aromatic heterocycles. The van der Waals surface area contributed by atoms with Crippen molar-refractivity contribution in [3.63, 3.8) is 0 Å². The molecule has 2 heterocycles. The van der Waals surface area contributed by atoms with Crippen molar-refractivity contribution in [1.29, 1.82) is 0 Å². The Kier molecular flexibility index (Phi) is 7.26. The van der Waals surface area contributed by atoms with E-state index in [2.05, 4.69) is 22.3 Å². The number of nitrogens with one attached hydrogen (secondary N) is 1. The van der Waals surface area contributed by atoms with Crippen molar-refractivity contribution in [2.24, 2.45) is 5.41 Å². The number of halogens is 1. The van der Waals surface area contributed by atoms with Gasteiger partial charge in [0.05, 0.1) is 12.7 Å². The Morgan fingerprint density at radius 2 is 1.89 bits per heavy atom. The lowest BCUT2D eigenvalue weighted by Crippen LogP contribution is -2.30. The van der Waals surface area contributed by atoms with Gasteiger partial charge in [0.25, 0.3) is 0 Å². The maximum Gasteiger partial charge on any atom is 0.341 e. The number of rotatable bonds is 4. The van der Waals surface area contributed by atoms with E-state index in [1.807, 2.05) is 39.0 Å². The molecule has 0 radical (unpaired) electrons. The van der Waals surface area contributed by atoms with Crippen molar-refractivity contribution in [3.05, 3.63) is 51.9 Å². The molecule has 0 aliphatic carbocycles. The molecule has 1 aliphatic rings. The topological polar surface area (TPSA) is 58.6 Å². The van der Waals surface area contributed by atoms with Crippen LogP contribution < -0.4 is 5.32 Å². The van der Waals surface area contributed by atoms with E-state index in [-0.39, 0.29) is 24.3 Å². The lowest BCUT2D eigenvalue weighted by atomic mass is 9.95. The average Bonchev–Trinajstić information content (AvgIpc) is 2.98. The number of fused-ring (bicyclic) bond motifs is 1.